The average molecular weight is 664 g/mol. The first-order chi connectivity index (χ1) is 22.4. The van der Waals surface area contributed by atoms with Gasteiger partial charge < -0.3 is 24.2 Å². The van der Waals surface area contributed by atoms with Crippen molar-refractivity contribution in [2.24, 2.45) is 0 Å². The molecule has 246 valence electrons. The van der Waals surface area contributed by atoms with Gasteiger partial charge in [-0.1, -0.05) is 35.9 Å². The fourth-order valence-electron chi connectivity index (χ4n) is 6.27. The number of benzene rings is 2. The molecule has 47 heavy (non-hydrogen) atoms. The zero-order valence-electron chi connectivity index (χ0n) is 26.8. The molecular formula is C34H36ClF2N7O3. The van der Waals surface area contributed by atoms with Crippen molar-refractivity contribution in [1.82, 2.24) is 24.8 Å². The molecule has 0 spiro atoms. The minimum absolute atomic E-state index is 0.00254. The van der Waals surface area contributed by atoms with Gasteiger partial charge in [0, 0.05) is 42.8 Å². The summed E-state index contributed by atoms with van der Waals surface area (Å²) < 4.78 is 43.0. The zero-order chi connectivity index (χ0) is 33.5. The summed E-state index contributed by atoms with van der Waals surface area (Å²) in [6.45, 7) is 7.47. The molecule has 10 nitrogen and oxygen atoms in total. The predicted octanol–water partition coefficient (Wildman–Crippen LogP) is 6.59. The van der Waals surface area contributed by atoms with Gasteiger partial charge in [0.05, 0.1) is 28.9 Å². The number of ether oxygens (including phenoxy) is 2. The minimum Gasteiger partial charge on any atom is -0.462 e. The number of halogens is 3. The average Bonchev–Trinajstić information content (AvgIpc) is 3.45. The number of fused-ring (bicyclic) bond motifs is 2. The minimum atomic E-state index is -0.734. The van der Waals surface area contributed by atoms with Gasteiger partial charge in [0.15, 0.2) is 5.82 Å². The number of anilines is 1. The highest BCUT2D eigenvalue weighted by molar-refractivity contribution is 6.36. The lowest BCUT2D eigenvalue weighted by Gasteiger charge is -2.41. The third-order valence-electron chi connectivity index (χ3n) is 8.65. The molecule has 2 atom stereocenters. The summed E-state index contributed by atoms with van der Waals surface area (Å²) in [5.41, 5.74) is -0.444. The van der Waals surface area contributed by atoms with Crippen LogP contribution in [0.5, 0.6) is 6.01 Å². The maximum Gasteiger partial charge on any atom is 0.410 e. The zero-order valence-corrected chi connectivity index (χ0v) is 27.5. The fraction of sp³-hybridized carbons (Fsp3) is 0.441. The lowest BCUT2D eigenvalue weighted by atomic mass is 10.0. The number of piperazine rings is 1. The molecule has 0 radical (unpaired) electrons. The topological polar surface area (TPSA) is 108 Å². The third kappa shape index (κ3) is 6.60. The largest absolute Gasteiger partial charge is 0.462 e. The summed E-state index contributed by atoms with van der Waals surface area (Å²) in [5.74, 6) is -0.985. The molecule has 2 aromatic heterocycles. The van der Waals surface area contributed by atoms with Gasteiger partial charge >= 0.3 is 12.1 Å². The molecule has 1 amide bonds. The quantitative estimate of drug-likeness (QED) is 0.226. The predicted molar refractivity (Wildman–Crippen MR) is 176 cm³/mol. The number of nitrogens with zero attached hydrogens (tertiary/aromatic N) is 7. The van der Waals surface area contributed by atoms with E-state index in [9.17, 15) is 14.4 Å². The van der Waals surface area contributed by atoms with Gasteiger partial charge in [-0.05, 0) is 58.7 Å². The summed E-state index contributed by atoms with van der Waals surface area (Å²) >= 11 is 6.39. The van der Waals surface area contributed by atoms with Crippen molar-refractivity contribution in [2.75, 3.05) is 44.7 Å². The van der Waals surface area contributed by atoms with Gasteiger partial charge in [0.25, 0.3) is 0 Å². The standard InChI is InChI=1S/C34H36ClF2N7O3/c1-34(2,3)47-33(45)44-16-15-43(18-21(44)12-13-38)31-24-17-39-29(23-9-5-7-20-10-11-25(36)27(35)26(20)23)28(37)30(24)40-32(41-31)46-19-22-8-6-14-42(22)4/h5,7,9-11,17,21-22H,6,8,12,14-16,18-19H2,1-4H3/t21-,22-/m0/s1. The van der Waals surface area contributed by atoms with Gasteiger partial charge in [-0.3, -0.25) is 4.98 Å². The van der Waals surface area contributed by atoms with E-state index in [1.807, 2.05) is 11.9 Å². The molecule has 0 unspecified atom stereocenters. The summed E-state index contributed by atoms with van der Waals surface area (Å²) in [6, 6.07) is 9.82. The fourth-order valence-corrected chi connectivity index (χ4v) is 6.55. The highest BCUT2D eigenvalue weighted by Gasteiger charge is 2.35. The number of nitriles is 1. The molecule has 4 aromatic rings. The van der Waals surface area contributed by atoms with Crippen LogP contribution in [-0.2, 0) is 4.74 Å². The van der Waals surface area contributed by atoms with E-state index in [4.69, 9.17) is 26.1 Å². The van der Waals surface area contributed by atoms with E-state index in [0.717, 1.165) is 19.4 Å². The van der Waals surface area contributed by atoms with E-state index >= 15 is 4.39 Å². The van der Waals surface area contributed by atoms with E-state index in [1.165, 1.54) is 12.3 Å². The first-order valence-corrected chi connectivity index (χ1v) is 16.0. The molecule has 0 aliphatic carbocycles. The van der Waals surface area contributed by atoms with Gasteiger partial charge in [0.1, 0.15) is 35.1 Å². The Morgan fingerprint density at radius 2 is 1.94 bits per heavy atom. The molecule has 0 N–H and O–H groups in total. The first-order valence-electron chi connectivity index (χ1n) is 15.6. The second kappa shape index (κ2) is 13.0. The van der Waals surface area contributed by atoms with Crippen LogP contribution in [0.4, 0.5) is 19.4 Å². The van der Waals surface area contributed by atoms with Crippen molar-refractivity contribution in [3.05, 3.63) is 53.2 Å². The third-order valence-corrected chi connectivity index (χ3v) is 9.02. The van der Waals surface area contributed by atoms with Crippen LogP contribution in [0.2, 0.25) is 5.02 Å². The molecular weight excluding hydrogens is 628 g/mol. The van der Waals surface area contributed by atoms with Crippen molar-refractivity contribution in [1.29, 1.82) is 5.26 Å². The molecule has 2 aromatic carbocycles. The monoisotopic (exact) mass is 663 g/mol. The number of hydrogen-bond acceptors (Lipinski definition) is 9. The van der Waals surface area contributed by atoms with Crippen LogP contribution in [0.25, 0.3) is 32.9 Å². The Balaban J connectivity index is 1.43. The molecule has 2 saturated heterocycles. The van der Waals surface area contributed by atoms with E-state index in [1.54, 1.807) is 49.9 Å². The number of pyridine rings is 1. The van der Waals surface area contributed by atoms with Gasteiger partial charge in [0.2, 0.25) is 0 Å². The van der Waals surface area contributed by atoms with Gasteiger partial charge in [-0.25, -0.2) is 13.6 Å². The van der Waals surface area contributed by atoms with E-state index in [0.29, 0.717) is 40.7 Å². The summed E-state index contributed by atoms with van der Waals surface area (Å²) in [6.07, 6.45) is 3.06. The Kier molecular flexibility index (Phi) is 9.05. The van der Waals surface area contributed by atoms with Crippen molar-refractivity contribution in [3.8, 4) is 23.3 Å². The van der Waals surface area contributed by atoms with Crippen molar-refractivity contribution >= 4 is 45.2 Å². The number of likely N-dealkylation sites (N-methyl/N-ethyl adjacent to an activating group) is 1. The lowest BCUT2D eigenvalue weighted by Crippen LogP contribution is -2.56. The Labute approximate surface area is 276 Å². The van der Waals surface area contributed by atoms with Crippen molar-refractivity contribution < 1.29 is 23.0 Å². The molecule has 2 aliphatic heterocycles. The van der Waals surface area contributed by atoms with Crippen LogP contribution < -0.4 is 9.64 Å². The normalized spacial score (nSPS) is 18.9. The number of aromatic nitrogens is 3. The molecule has 0 bridgehead atoms. The highest BCUT2D eigenvalue weighted by atomic mass is 35.5. The highest BCUT2D eigenvalue weighted by Crippen LogP contribution is 2.38. The van der Waals surface area contributed by atoms with E-state index < -0.39 is 29.4 Å². The number of carbonyl (C=O) groups is 1. The second-order valence-electron chi connectivity index (χ2n) is 13.0. The molecule has 4 heterocycles. The number of rotatable bonds is 6. The van der Waals surface area contributed by atoms with Crippen molar-refractivity contribution in [2.45, 2.75) is 57.7 Å². The van der Waals surface area contributed by atoms with E-state index in [2.05, 4.69) is 20.9 Å². The Morgan fingerprint density at radius 3 is 2.66 bits per heavy atom. The maximum absolute atomic E-state index is 16.7. The number of likely N-dealkylation sites (tertiary alicyclic amines) is 1. The van der Waals surface area contributed by atoms with Crippen LogP contribution in [0.15, 0.2) is 36.5 Å². The smallest absolute Gasteiger partial charge is 0.410 e. The van der Waals surface area contributed by atoms with Crippen LogP contribution in [0, 0.1) is 23.0 Å². The number of carbonyl (C=O) groups excluding carboxylic acids is 1. The Hall–Kier alpha value is -4.34. The Bertz CT molecular complexity index is 1880. The number of hydrogen-bond donors (Lipinski definition) is 0. The Morgan fingerprint density at radius 1 is 1.13 bits per heavy atom. The van der Waals surface area contributed by atoms with E-state index in [-0.39, 0.29) is 47.8 Å². The number of amides is 1. The van der Waals surface area contributed by atoms with Crippen molar-refractivity contribution in [3.63, 3.8) is 0 Å². The van der Waals surface area contributed by atoms with Crippen LogP contribution in [-0.4, -0.2) is 88.4 Å². The van der Waals surface area contributed by atoms with Gasteiger partial charge in [-0.15, -0.1) is 0 Å². The summed E-state index contributed by atoms with van der Waals surface area (Å²) in [5, 5.41) is 10.8. The molecule has 0 saturated carbocycles. The summed E-state index contributed by atoms with van der Waals surface area (Å²) in [7, 11) is 2.03. The second-order valence-corrected chi connectivity index (χ2v) is 13.4. The molecule has 2 aliphatic rings. The summed E-state index contributed by atoms with van der Waals surface area (Å²) in [4.78, 5) is 32.4. The molecule has 6 rings (SSSR count). The first kappa shape index (κ1) is 32.6. The van der Waals surface area contributed by atoms with Crippen LogP contribution in [0.3, 0.4) is 0 Å². The molecule has 13 heteroatoms. The SMILES string of the molecule is CN1CCC[C@H]1COc1nc(N2CCN(C(=O)OC(C)(C)C)[C@@H](CC#N)C2)c2cnc(-c3cccc4ccc(F)c(Cl)c34)c(F)c2n1. The van der Waals surface area contributed by atoms with Crippen LogP contribution >= 0.6 is 11.6 Å². The lowest BCUT2D eigenvalue weighted by molar-refractivity contribution is 0.0145. The van der Waals surface area contributed by atoms with Gasteiger partial charge in [-0.2, -0.15) is 15.2 Å². The molecule has 2 fully saturated rings. The maximum atomic E-state index is 16.7. The van der Waals surface area contributed by atoms with Crippen LogP contribution in [0.1, 0.15) is 40.0 Å².